The van der Waals surface area contributed by atoms with Gasteiger partial charge in [0.15, 0.2) is 0 Å². The van der Waals surface area contributed by atoms with Gasteiger partial charge in [-0.15, -0.1) is 11.8 Å². The molecule has 0 aromatic heterocycles. The zero-order chi connectivity index (χ0) is 13.8. The lowest BCUT2D eigenvalue weighted by atomic mass is 10.1. The van der Waals surface area contributed by atoms with Crippen molar-refractivity contribution in [2.24, 2.45) is 0 Å². The summed E-state index contributed by atoms with van der Waals surface area (Å²) in [6.45, 7) is 0.276. The molecule has 1 saturated heterocycles. The number of methoxy groups -OCH3 is 1. The summed E-state index contributed by atoms with van der Waals surface area (Å²) in [7, 11) is 1.34. The number of nitrogens with zero attached hydrogens (tertiary/aromatic N) is 1. The molecule has 1 unspecified atom stereocenters. The van der Waals surface area contributed by atoms with Gasteiger partial charge in [-0.05, 0) is 17.7 Å². The fraction of sp³-hybridized carbons (Fsp3) is 0.385. The number of β-amino-alcohol motifs (C(OH)–C–C–N with tert-alkyl or cyclic N) is 1. The number of carbonyl (C=O) groups is 2. The highest BCUT2D eigenvalue weighted by Gasteiger charge is 2.32. The molecule has 0 radical (unpaired) electrons. The summed E-state index contributed by atoms with van der Waals surface area (Å²) in [5, 5.41) is 8.90. The smallest absolute Gasteiger partial charge is 0.337 e. The van der Waals surface area contributed by atoms with E-state index in [0.29, 0.717) is 17.9 Å². The van der Waals surface area contributed by atoms with E-state index in [4.69, 9.17) is 5.11 Å². The number of rotatable bonds is 4. The summed E-state index contributed by atoms with van der Waals surface area (Å²) < 4.78 is 4.64. The molecule has 1 atom stereocenters. The van der Waals surface area contributed by atoms with Crippen molar-refractivity contribution in [3.63, 3.8) is 0 Å². The molecule has 0 aliphatic carbocycles. The molecule has 0 bridgehead atoms. The maximum atomic E-state index is 11.7. The summed E-state index contributed by atoms with van der Waals surface area (Å²) in [6.07, 6.45) is 0. The maximum Gasteiger partial charge on any atom is 0.337 e. The normalized spacial score (nSPS) is 18.7. The largest absolute Gasteiger partial charge is 0.465 e. The van der Waals surface area contributed by atoms with Crippen LogP contribution in [0.1, 0.15) is 21.3 Å². The fourth-order valence-corrected chi connectivity index (χ4v) is 3.20. The molecule has 1 aromatic rings. The van der Waals surface area contributed by atoms with E-state index in [1.807, 2.05) is 12.1 Å². The zero-order valence-corrected chi connectivity index (χ0v) is 11.4. The van der Waals surface area contributed by atoms with Crippen LogP contribution in [0.4, 0.5) is 0 Å². The second-order valence-corrected chi connectivity index (χ2v) is 5.16. The van der Waals surface area contributed by atoms with Crippen molar-refractivity contribution in [2.75, 3.05) is 26.0 Å². The van der Waals surface area contributed by atoms with E-state index in [-0.39, 0.29) is 23.9 Å². The fourth-order valence-electron chi connectivity index (χ4n) is 1.98. The average Bonchev–Trinajstić information content (AvgIpc) is 2.80. The summed E-state index contributed by atoms with van der Waals surface area (Å²) >= 11 is 1.52. The third kappa shape index (κ3) is 2.90. The Kier molecular flexibility index (Phi) is 4.44. The molecule has 1 N–H and O–H groups in total. The van der Waals surface area contributed by atoms with Gasteiger partial charge in [0.1, 0.15) is 5.37 Å². The van der Waals surface area contributed by atoms with Crippen molar-refractivity contribution < 1.29 is 19.4 Å². The van der Waals surface area contributed by atoms with E-state index < -0.39 is 0 Å². The first kappa shape index (κ1) is 13.9. The Morgan fingerprint density at radius 3 is 2.74 bits per heavy atom. The highest BCUT2D eigenvalue weighted by Crippen LogP contribution is 2.38. The molecule has 1 fully saturated rings. The van der Waals surface area contributed by atoms with E-state index in [9.17, 15) is 9.59 Å². The molecular weight excluding hydrogens is 266 g/mol. The van der Waals surface area contributed by atoms with Gasteiger partial charge in [-0.1, -0.05) is 12.1 Å². The van der Waals surface area contributed by atoms with Gasteiger partial charge in [0.2, 0.25) is 5.91 Å². The number of amides is 1. The quantitative estimate of drug-likeness (QED) is 0.835. The van der Waals surface area contributed by atoms with Crippen molar-refractivity contribution >= 4 is 23.6 Å². The van der Waals surface area contributed by atoms with Crippen LogP contribution in [0.2, 0.25) is 0 Å². The van der Waals surface area contributed by atoms with E-state index in [0.717, 1.165) is 5.56 Å². The highest BCUT2D eigenvalue weighted by atomic mass is 32.2. The van der Waals surface area contributed by atoms with Gasteiger partial charge in [0.05, 0.1) is 25.0 Å². The summed E-state index contributed by atoms with van der Waals surface area (Å²) in [5.74, 6) is 0.0682. The third-order valence-electron chi connectivity index (χ3n) is 2.93. The Morgan fingerprint density at radius 1 is 1.47 bits per heavy atom. The minimum absolute atomic E-state index is 0.0288. The Bertz CT molecular complexity index is 474. The first-order chi connectivity index (χ1) is 9.17. The van der Waals surface area contributed by atoms with Crippen LogP contribution in [0, 0.1) is 0 Å². The minimum atomic E-state index is -0.381. The molecular formula is C13H15NO4S. The SMILES string of the molecule is COC(=O)c1ccc(C2SCC(=O)N2CCO)cc1. The monoisotopic (exact) mass is 281 g/mol. The molecule has 0 spiro atoms. The Labute approximate surface area is 115 Å². The number of hydrogen-bond acceptors (Lipinski definition) is 5. The number of ether oxygens (including phenoxy) is 1. The van der Waals surface area contributed by atoms with Crippen molar-refractivity contribution in [3.05, 3.63) is 35.4 Å². The second-order valence-electron chi connectivity index (χ2n) is 4.09. The van der Waals surface area contributed by atoms with Crippen LogP contribution in [0.3, 0.4) is 0 Å². The highest BCUT2D eigenvalue weighted by molar-refractivity contribution is 8.00. The molecule has 6 heteroatoms. The first-order valence-electron chi connectivity index (χ1n) is 5.87. The summed E-state index contributed by atoms with van der Waals surface area (Å²) in [4.78, 5) is 24.7. The molecule has 2 rings (SSSR count). The van der Waals surface area contributed by atoms with Crippen molar-refractivity contribution in [3.8, 4) is 0 Å². The van der Waals surface area contributed by atoms with Crippen LogP contribution in [0.15, 0.2) is 24.3 Å². The average molecular weight is 281 g/mol. The van der Waals surface area contributed by atoms with Gasteiger partial charge >= 0.3 is 5.97 Å². The molecule has 5 nitrogen and oxygen atoms in total. The van der Waals surface area contributed by atoms with Gasteiger partial charge in [-0.2, -0.15) is 0 Å². The van der Waals surface area contributed by atoms with Crippen LogP contribution in [0.5, 0.6) is 0 Å². The van der Waals surface area contributed by atoms with Gasteiger partial charge in [-0.3, -0.25) is 4.79 Å². The lowest BCUT2D eigenvalue weighted by molar-refractivity contribution is -0.128. The molecule has 102 valence electrons. The van der Waals surface area contributed by atoms with Crippen LogP contribution in [-0.2, 0) is 9.53 Å². The lowest BCUT2D eigenvalue weighted by Crippen LogP contribution is -2.30. The van der Waals surface area contributed by atoms with Crippen LogP contribution >= 0.6 is 11.8 Å². The number of carbonyl (C=O) groups excluding carboxylic acids is 2. The standard InChI is InChI=1S/C13H15NO4S/c1-18-13(17)10-4-2-9(3-5-10)12-14(6-7-15)11(16)8-19-12/h2-5,12,15H,6-8H2,1H3. The molecule has 1 aliphatic heterocycles. The minimum Gasteiger partial charge on any atom is -0.465 e. The van der Waals surface area contributed by atoms with E-state index in [1.165, 1.54) is 18.9 Å². The van der Waals surface area contributed by atoms with Gasteiger partial charge in [0.25, 0.3) is 0 Å². The molecule has 19 heavy (non-hydrogen) atoms. The Balaban J connectivity index is 2.17. The molecule has 1 aliphatic rings. The predicted molar refractivity (Wildman–Crippen MR) is 71.8 cm³/mol. The number of hydrogen-bond donors (Lipinski definition) is 1. The van der Waals surface area contributed by atoms with Crippen molar-refractivity contribution in [2.45, 2.75) is 5.37 Å². The van der Waals surface area contributed by atoms with E-state index in [1.54, 1.807) is 17.0 Å². The summed E-state index contributed by atoms with van der Waals surface area (Å²) in [6, 6.07) is 6.99. The predicted octanol–water partition coefficient (Wildman–Crippen LogP) is 1.04. The number of aliphatic hydroxyl groups excluding tert-OH is 1. The van der Waals surface area contributed by atoms with Crippen LogP contribution in [-0.4, -0.2) is 47.9 Å². The summed E-state index contributed by atoms with van der Waals surface area (Å²) in [5.41, 5.74) is 1.42. The van der Waals surface area contributed by atoms with E-state index >= 15 is 0 Å². The lowest BCUT2D eigenvalue weighted by Gasteiger charge is -2.23. The molecule has 1 aromatic carbocycles. The Hall–Kier alpha value is -1.53. The zero-order valence-electron chi connectivity index (χ0n) is 10.5. The van der Waals surface area contributed by atoms with E-state index in [2.05, 4.69) is 4.74 Å². The van der Waals surface area contributed by atoms with Crippen LogP contribution < -0.4 is 0 Å². The van der Waals surface area contributed by atoms with Crippen molar-refractivity contribution in [1.29, 1.82) is 0 Å². The van der Waals surface area contributed by atoms with Gasteiger partial charge in [-0.25, -0.2) is 4.79 Å². The molecule has 0 saturated carbocycles. The number of thioether (sulfide) groups is 1. The first-order valence-corrected chi connectivity index (χ1v) is 6.92. The topological polar surface area (TPSA) is 66.8 Å². The molecule has 1 amide bonds. The molecule has 1 heterocycles. The number of benzene rings is 1. The van der Waals surface area contributed by atoms with Gasteiger partial charge in [0, 0.05) is 6.54 Å². The third-order valence-corrected chi connectivity index (χ3v) is 4.18. The van der Waals surface area contributed by atoms with Crippen LogP contribution in [0.25, 0.3) is 0 Å². The Morgan fingerprint density at radius 2 is 2.16 bits per heavy atom. The second kappa shape index (κ2) is 6.08. The maximum absolute atomic E-state index is 11.7. The van der Waals surface area contributed by atoms with Gasteiger partial charge < -0.3 is 14.7 Å². The number of aliphatic hydroxyl groups is 1. The number of esters is 1. The van der Waals surface area contributed by atoms with Crippen molar-refractivity contribution in [1.82, 2.24) is 4.90 Å².